The van der Waals surface area contributed by atoms with E-state index in [0.29, 0.717) is 12.4 Å². The molecule has 0 aliphatic rings. The Balaban J connectivity index is 1.66. The first-order valence-electron chi connectivity index (χ1n) is 8.34. The molecule has 0 bridgehead atoms. The molecule has 1 heterocycles. The second-order valence-corrected chi connectivity index (χ2v) is 6.01. The third kappa shape index (κ3) is 4.59. The number of hydrogen-bond acceptors (Lipinski definition) is 4. The van der Waals surface area contributed by atoms with E-state index in [9.17, 15) is 8.78 Å². The van der Waals surface area contributed by atoms with E-state index < -0.39 is 11.6 Å². The van der Waals surface area contributed by atoms with Gasteiger partial charge in [0.25, 0.3) is 0 Å². The molecule has 0 saturated heterocycles. The lowest BCUT2D eigenvalue weighted by atomic mass is 10.1. The molecule has 27 heavy (non-hydrogen) atoms. The monoisotopic (exact) mass is 365 g/mol. The summed E-state index contributed by atoms with van der Waals surface area (Å²) in [6, 6.07) is 14.4. The SMILES string of the molecule is CC(Nc1c(F)cc(C#N)cc1F)c1ccc(OCc2cccnc2)cc1. The Labute approximate surface area is 156 Å². The van der Waals surface area contributed by atoms with Gasteiger partial charge in [0.15, 0.2) is 11.6 Å². The predicted molar refractivity (Wildman–Crippen MR) is 98.1 cm³/mol. The molecule has 4 nitrogen and oxygen atoms in total. The van der Waals surface area contributed by atoms with Gasteiger partial charge >= 0.3 is 0 Å². The fourth-order valence-corrected chi connectivity index (χ4v) is 2.58. The lowest BCUT2D eigenvalue weighted by Gasteiger charge is -2.17. The largest absolute Gasteiger partial charge is 0.489 e. The van der Waals surface area contributed by atoms with Gasteiger partial charge in [-0.1, -0.05) is 18.2 Å². The first-order chi connectivity index (χ1) is 13.1. The van der Waals surface area contributed by atoms with Crippen LogP contribution >= 0.6 is 0 Å². The van der Waals surface area contributed by atoms with Gasteiger partial charge in [-0.3, -0.25) is 4.98 Å². The van der Waals surface area contributed by atoms with Crippen LogP contribution in [0.4, 0.5) is 14.5 Å². The summed E-state index contributed by atoms with van der Waals surface area (Å²) < 4.78 is 33.7. The number of rotatable bonds is 6. The van der Waals surface area contributed by atoms with Gasteiger partial charge in [0.1, 0.15) is 18.0 Å². The van der Waals surface area contributed by atoms with Gasteiger partial charge in [0.05, 0.1) is 11.6 Å². The van der Waals surface area contributed by atoms with Gasteiger partial charge in [-0.2, -0.15) is 5.26 Å². The van der Waals surface area contributed by atoms with E-state index >= 15 is 0 Å². The molecule has 0 saturated carbocycles. The van der Waals surface area contributed by atoms with Crippen LogP contribution in [0.25, 0.3) is 0 Å². The fourth-order valence-electron chi connectivity index (χ4n) is 2.58. The number of nitrogens with zero attached hydrogens (tertiary/aromatic N) is 2. The van der Waals surface area contributed by atoms with Crippen LogP contribution in [0.3, 0.4) is 0 Å². The molecule has 3 aromatic rings. The van der Waals surface area contributed by atoms with E-state index in [0.717, 1.165) is 23.3 Å². The molecule has 0 radical (unpaired) electrons. The van der Waals surface area contributed by atoms with Crippen LogP contribution in [-0.4, -0.2) is 4.98 Å². The number of pyridine rings is 1. The third-order valence-electron chi connectivity index (χ3n) is 4.04. The van der Waals surface area contributed by atoms with Gasteiger partial charge in [-0.05, 0) is 42.8 Å². The number of ether oxygens (including phenoxy) is 1. The summed E-state index contributed by atoms with van der Waals surface area (Å²) in [7, 11) is 0. The number of hydrogen-bond donors (Lipinski definition) is 1. The Morgan fingerprint density at radius 3 is 2.44 bits per heavy atom. The summed E-state index contributed by atoms with van der Waals surface area (Å²) >= 11 is 0. The average molecular weight is 365 g/mol. The minimum atomic E-state index is -0.796. The van der Waals surface area contributed by atoms with E-state index in [-0.39, 0.29) is 17.3 Å². The number of benzene rings is 2. The zero-order valence-electron chi connectivity index (χ0n) is 14.6. The van der Waals surface area contributed by atoms with Crippen molar-refractivity contribution < 1.29 is 13.5 Å². The molecule has 2 aromatic carbocycles. The van der Waals surface area contributed by atoms with Crippen LogP contribution in [0.1, 0.15) is 29.7 Å². The summed E-state index contributed by atoms with van der Waals surface area (Å²) in [5.74, 6) is -0.907. The van der Waals surface area contributed by atoms with Crippen molar-refractivity contribution in [2.75, 3.05) is 5.32 Å². The Kier molecular flexibility index (Phi) is 5.62. The fraction of sp³-hybridized carbons (Fsp3) is 0.143. The zero-order valence-corrected chi connectivity index (χ0v) is 14.6. The van der Waals surface area contributed by atoms with Gasteiger partial charge in [-0.25, -0.2) is 8.78 Å². The van der Waals surface area contributed by atoms with Gasteiger partial charge in [0, 0.05) is 24.0 Å². The van der Waals surface area contributed by atoms with Crippen molar-refractivity contribution in [3.05, 3.63) is 89.2 Å². The summed E-state index contributed by atoms with van der Waals surface area (Å²) in [4.78, 5) is 4.03. The molecule has 1 N–H and O–H groups in total. The maximum absolute atomic E-state index is 14.0. The lowest BCUT2D eigenvalue weighted by molar-refractivity contribution is 0.305. The number of nitrogens with one attached hydrogen (secondary N) is 1. The lowest BCUT2D eigenvalue weighted by Crippen LogP contribution is -2.10. The van der Waals surface area contributed by atoms with Gasteiger partial charge in [0.2, 0.25) is 0 Å². The minimum Gasteiger partial charge on any atom is -0.489 e. The average Bonchev–Trinajstić information content (AvgIpc) is 2.70. The number of halogens is 2. The Morgan fingerprint density at radius 1 is 1.15 bits per heavy atom. The number of nitriles is 1. The normalized spacial score (nSPS) is 11.5. The molecule has 0 aliphatic carbocycles. The van der Waals surface area contributed by atoms with Crippen LogP contribution < -0.4 is 10.1 Å². The highest BCUT2D eigenvalue weighted by Gasteiger charge is 2.14. The van der Waals surface area contributed by atoms with E-state index in [1.165, 1.54) is 0 Å². The topological polar surface area (TPSA) is 57.9 Å². The summed E-state index contributed by atoms with van der Waals surface area (Å²) in [5, 5.41) is 11.6. The summed E-state index contributed by atoms with van der Waals surface area (Å²) in [5.41, 5.74) is 1.49. The van der Waals surface area contributed by atoms with Crippen molar-refractivity contribution in [3.8, 4) is 11.8 Å². The highest BCUT2D eigenvalue weighted by molar-refractivity contribution is 5.52. The Hall–Kier alpha value is -3.46. The van der Waals surface area contributed by atoms with Crippen molar-refractivity contribution in [2.45, 2.75) is 19.6 Å². The standard InChI is InChI=1S/C21H17F2N3O/c1-14(26-21-19(22)9-16(11-24)10-20(21)23)17-4-6-18(7-5-17)27-13-15-3-2-8-25-12-15/h2-10,12,14,26H,13H2,1H3. The van der Waals surface area contributed by atoms with E-state index in [4.69, 9.17) is 10.00 Å². The Bertz CT molecular complexity index is 930. The highest BCUT2D eigenvalue weighted by Crippen LogP contribution is 2.26. The van der Waals surface area contributed by atoms with Crippen LogP contribution in [0.5, 0.6) is 5.75 Å². The number of anilines is 1. The maximum Gasteiger partial charge on any atom is 0.150 e. The van der Waals surface area contributed by atoms with Crippen LogP contribution in [-0.2, 0) is 6.61 Å². The molecule has 1 atom stereocenters. The van der Waals surface area contributed by atoms with E-state index in [2.05, 4.69) is 10.3 Å². The highest BCUT2D eigenvalue weighted by atomic mass is 19.1. The molecule has 0 aliphatic heterocycles. The second-order valence-electron chi connectivity index (χ2n) is 6.01. The van der Waals surface area contributed by atoms with Crippen LogP contribution in [0.15, 0.2) is 60.9 Å². The van der Waals surface area contributed by atoms with Crippen molar-refractivity contribution >= 4 is 5.69 Å². The molecule has 1 aromatic heterocycles. The minimum absolute atomic E-state index is 0.0571. The van der Waals surface area contributed by atoms with E-state index in [1.807, 2.05) is 24.3 Å². The van der Waals surface area contributed by atoms with Gasteiger partial charge < -0.3 is 10.1 Å². The zero-order chi connectivity index (χ0) is 19.2. The van der Waals surface area contributed by atoms with Crippen molar-refractivity contribution in [1.29, 1.82) is 5.26 Å². The molecule has 1 unspecified atom stereocenters. The predicted octanol–water partition coefficient (Wildman–Crippen LogP) is 4.98. The summed E-state index contributed by atoms with van der Waals surface area (Å²) in [6.45, 7) is 2.20. The molecule has 0 amide bonds. The molecule has 136 valence electrons. The molecular weight excluding hydrogens is 348 g/mol. The van der Waals surface area contributed by atoms with Crippen molar-refractivity contribution in [3.63, 3.8) is 0 Å². The van der Waals surface area contributed by atoms with Crippen LogP contribution in [0.2, 0.25) is 0 Å². The van der Waals surface area contributed by atoms with Gasteiger partial charge in [-0.15, -0.1) is 0 Å². The molecule has 6 heteroatoms. The second kappa shape index (κ2) is 8.28. The molecule has 3 rings (SSSR count). The maximum atomic E-state index is 14.0. The number of aromatic nitrogens is 1. The first kappa shape index (κ1) is 18.3. The van der Waals surface area contributed by atoms with Crippen molar-refractivity contribution in [1.82, 2.24) is 4.98 Å². The third-order valence-corrected chi connectivity index (χ3v) is 4.04. The molecule has 0 fully saturated rings. The summed E-state index contributed by atoms with van der Waals surface area (Å²) in [6.07, 6.45) is 3.44. The molecular formula is C21H17F2N3O. The molecule has 0 spiro atoms. The Morgan fingerprint density at radius 2 is 1.85 bits per heavy atom. The van der Waals surface area contributed by atoms with Crippen molar-refractivity contribution in [2.24, 2.45) is 0 Å². The smallest absolute Gasteiger partial charge is 0.150 e. The van der Waals surface area contributed by atoms with Crippen LogP contribution in [0, 0.1) is 23.0 Å². The quantitative estimate of drug-likeness (QED) is 0.669. The first-order valence-corrected chi connectivity index (χ1v) is 8.34. The van der Waals surface area contributed by atoms with E-state index in [1.54, 1.807) is 37.5 Å².